The van der Waals surface area contributed by atoms with Crippen LogP contribution < -0.4 is 19.7 Å². The van der Waals surface area contributed by atoms with Crippen molar-refractivity contribution in [1.29, 1.82) is 0 Å². The Labute approximate surface area is 181 Å². The van der Waals surface area contributed by atoms with Gasteiger partial charge in [0, 0.05) is 38.5 Å². The van der Waals surface area contributed by atoms with Crippen LogP contribution in [0.5, 0.6) is 11.5 Å². The molecule has 1 amide bonds. The number of esters is 1. The van der Waals surface area contributed by atoms with Gasteiger partial charge in [0.25, 0.3) is 5.91 Å². The molecular weight excluding hydrogens is 404 g/mol. The van der Waals surface area contributed by atoms with Crippen LogP contribution in [-0.2, 0) is 21.3 Å². The highest BCUT2D eigenvalue weighted by atomic mass is 16.5. The summed E-state index contributed by atoms with van der Waals surface area (Å²) in [4.78, 5) is 26.6. The number of benzene rings is 1. The monoisotopic (exact) mass is 432 g/mol. The van der Waals surface area contributed by atoms with Crippen LogP contribution in [0.15, 0.2) is 24.5 Å². The van der Waals surface area contributed by atoms with Gasteiger partial charge in [-0.05, 0) is 13.8 Å². The summed E-state index contributed by atoms with van der Waals surface area (Å²) in [5, 5.41) is 6.66. The largest absolute Gasteiger partial charge is 0.492 e. The number of hydrogen-bond acceptors (Lipinski definition) is 8. The summed E-state index contributed by atoms with van der Waals surface area (Å²) in [5.74, 6) is 0.0422. The first-order valence-corrected chi connectivity index (χ1v) is 10.2. The maximum atomic E-state index is 12.4. The number of amides is 1. The van der Waals surface area contributed by atoms with Crippen LogP contribution in [0.1, 0.15) is 24.2 Å². The molecule has 0 spiro atoms. The van der Waals surface area contributed by atoms with Gasteiger partial charge in [0.2, 0.25) is 0 Å². The van der Waals surface area contributed by atoms with Crippen molar-refractivity contribution >= 4 is 23.3 Å². The van der Waals surface area contributed by atoms with Crippen molar-refractivity contribution in [3.63, 3.8) is 0 Å². The second-order valence-corrected chi connectivity index (χ2v) is 6.81. The molecule has 0 bridgehead atoms. The van der Waals surface area contributed by atoms with Crippen LogP contribution in [-0.4, -0.2) is 67.8 Å². The number of aromatic nitrogens is 2. The lowest BCUT2D eigenvalue weighted by Crippen LogP contribution is -2.36. The van der Waals surface area contributed by atoms with Gasteiger partial charge in [-0.2, -0.15) is 5.10 Å². The summed E-state index contributed by atoms with van der Waals surface area (Å²) < 4.78 is 23.6. The first-order valence-electron chi connectivity index (χ1n) is 10.2. The molecule has 1 fully saturated rings. The lowest BCUT2D eigenvalue weighted by atomic mass is 10.2. The minimum absolute atomic E-state index is 0.277. The van der Waals surface area contributed by atoms with E-state index in [0.717, 1.165) is 18.8 Å². The van der Waals surface area contributed by atoms with Crippen molar-refractivity contribution in [1.82, 2.24) is 9.78 Å². The molecule has 168 valence electrons. The summed E-state index contributed by atoms with van der Waals surface area (Å²) >= 11 is 0. The minimum Gasteiger partial charge on any atom is -0.492 e. The van der Waals surface area contributed by atoms with Gasteiger partial charge in [-0.25, -0.2) is 4.79 Å². The fourth-order valence-electron chi connectivity index (χ4n) is 3.17. The fraction of sp³-hybridized carbons (Fsp3) is 0.476. The van der Waals surface area contributed by atoms with E-state index in [1.807, 2.05) is 19.9 Å². The molecule has 31 heavy (non-hydrogen) atoms. The molecule has 0 saturated carbocycles. The normalized spacial score (nSPS) is 13.6. The lowest BCUT2D eigenvalue weighted by molar-refractivity contribution is -0.119. The van der Waals surface area contributed by atoms with Crippen LogP contribution in [0.4, 0.5) is 11.4 Å². The van der Waals surface area contributed by atoms with Gasteiger partial charge in [0.1, 0.15) is 11.5 Å². The van der Waals surface area contributed by atoms with E-state index in [0.29, 0.717) is 43.6 Å². The predicted octanol–water partition coefficient (Wildman–Crippen LogP) is 1.85. The topological polar surface area (TPSA) is 104 Å². The average molecular weight is 432 g/mol. The molecule has 1 aliphatic heterocycles. The first-order chi connectivity index (χ1) is 15.0. The van der Waals surface area contributed by atoms with E-state index in [1.54, 1.807) is 13.1 Å². The molecule has 0 atom stereocenters. The molecule has 3 rings (SSSR count). The Bertz CT molecular complexity index is 907. The second kappa shape index (κ2) is 10.7. The molecule has 1 N–H and O–H groups in total. The smallest absolute Gasteiger partial charge is 0.341 e. The molecule has 1 saturated heterocycles. The standard InChI is InChI=1S/C21H28N4O6/c1-4-29-18-11-17(25-6-8-28-9-7-25)19(30-5-2)10-16(18)23-20(26)14-31-21(27)15-12-22-24(3)13-15/h10-13H,4-9,14H2,1-3H3,(H,23,26). The van der Waals surface area contributed by atoms with Crippen molar-refractivity contribution in [2.45, 2.75) is 13.8 Å². The Kier molecular flexibility index (Phi) is 7.71. The van der Waals surface area contributed by atoms with Crippen molar-refractivity contribution < 1.29 is 28.5 Å². The SMILES string of the molecule is CCOc1cc(N2CCOCC2)c(OCC)cc1NC(=O)COC(=O)c1cnn(C)c1. The molecule has 0 radical (unpaired) electrons. The van der Waals surface area contributed by atoms with Crippen molar-refractivity contribution in [3.05, 3.63) is 30.1 Å². The highest BCUT2D eigenvalue weighted by Gasteiger charge is 2.21. The van der Waals surface area contributed by atoms with E-state index in [2.05, 4.69) is 15.3 Å². The summed E-state index contributed by atoms with van der Waals surface area (Å²) in [6, 6.07) is 3.59. The van der Waals surface area contributed by atoms with Crippen LogP contribution in [0.2, 0.25) is 0 Å². The summed E-state index contributed by atoms with van der Waals surface area (Å²) in [7, 11) is 1.69. The van der Waals surface area contributed by atoms with Gasteiger partial charge in [0.05, 0.1) is 49.6 Å². The zero-order chi connectivity index (χ0) is 22.2. The van der Waals surface area contributed by atoms with E-state index in [1.165, 1.54) is 17.1 Å². The Morgan fingerprint density at radius 1 is 1.13 bits per heavy atom. The number of nitrogens with zero attached hydrogens (tertiary/aromatic N) is 3. The van der Waals surface area contributed by atoms with Crippen LogP contribution in [0, 0.1) is 0 Å². The van der Waals surface area contributed by atoms with Gasteiger partial charge >= 0.3 is 5.97 Å². The molecule has 1 aromatic carbocycles. The molecule has 0 aliphatic carbocycles. The Balaban J connectivity index is 1.74. The zero-order valence-electron chi connectivity index (χ0n) is 18.1. The molecule has 1 aromatic heterocycles. The van der Waals surface area contributed by atoms with Crippen molar-refractivity contribution in [2.24, 2.45) is 7.05 Å². The third-order valence-corrected chi connectivity index (χ3v) is 4.56. The maximum absolute atomic E-state index is 12.4. The second-order valence-electron chi connectivity index (χ2n) is 6.81. The number of carbonyl (C=O) groups excluding carboxylic acids is 2. The maximum Gasteiger partial charge on any atom is 0.341 e. The summed E-state index contributed by atoms with van der Waals surface area (Å²) in [6.45, 7) is 6.98. The van der Waals surface area contributed by atoms with Crippen molar-refractivity contribution in [3.8, 4) is 11.5 Å². The van der Waals surface area contributed by atoms with Crippen LogP contribution in [0.3, 0.4) is 0 Å². The highest BCUT2D eigenvalue weighted by molar-refractivity contribution is 5.96. The predicted molar refractivity (Wildman–Crippen MR) is 114 cm³/mol. The number of nitrogens with one attached hydrogen (secondary N) is 1. The van der Waals surface area contributed by atoms with Gasteiger partial charge < -0.3 is 29.2 Å². The summed E-state index contributed by atoms with van der Waals surface area (Å²) in [5.41, 5.74) is 1.61. The van der Waals surface area contributed by atoms with Gasteiger partial charge in [-0.1, -0.05) is 0 Å². The van der Waals surface area contributed by atoms with E-state index in [9.17, 15) is 9.59 Å². The number of anilines is 2. The Morgan fingerprint density at radius 2 is 1.84 bits per heavy atom. The zero-order valence-corrected chi connectivity index (χ0v) is 18.1. The number of morpholine rings is 1. The molecular formula is C21H28N4O6. The Hall–Kier alpha value is -3.27. The minimum atomic E-state index is -0.619. The molecule has 0 unspecified atom stereocenters. The Morgan fingerprint density at radius 3 is 2.48 bits per heavy atom. The number of rotatable bonds is 9. The third-order valence-electron chi connectivity index (χ3n) is 4.56. The van der Waals surface area contributed by atoms with E-state index in [4.69, 9.17) is 18.9 Å². The summed E-state index contributed by atoms with van der Waals surface area (Å²) in [6.07, 6.45) is 2.90. The molecule has 2 heterocycles. The molecule has 2 aromatic rings. The van der Waals surface area contributed by atoms with Crippen LogP contribution >= 0.6 is 0 Å². The fourth-order valence-corrected chi connectivity index (χ4v) is 3.17. The number of aryl methyl sites for hydroxylation is 1. The number of carbonyl (C=O) groups is 2. The average Bonchev–Trinajstić information content (AvgIpc) is 3.21. The van der Waals surface area contributed by atoms with E-state index < -0.39 is 18.5 Å². The van der Waals surface area contributed by atoms with Crippen LogP contribution in [0.25, 0.3) is 0 Å². The van der Waals surface area contributed by atoms with Crippen molar-refractivity contribution in [2.75, 3.05) is 56.3 Å². The number of ether oxygens (including phenoxy) is 4. The molecule has 1 aliphatic rings. The first kappa shape index (κ1) is 22.4. The quantitative estimate of drug-likeness (QED) is 0.599. The van der Waals surface area contributed by atoms with E-state index in [-0.39, 0.29) is 5.56 Å². The molecule has 10 nitrogen and oxygen atoms in total. The molecule has 10 heteroatoms. The lowest BCUT2D eigenvalue weighted by Gasteiger charge is -2.31. The van der Waals surface area contributed by atoms with Gasteiger partial charge in [-0.15, -0.1) is 0 Å². The third kappa shape index (κ3) is 5.88. The highest BCUT2D eigenvalue weighted by Crippen LogP contribution is 2.39. The number of hydrogen-bond donors (Lipinski definition) is 1. The van der Waals surface area contributed by atoms with Gasteiger partial charge in [-0.3, -0.25) is 9.48 Å². The van der Waals surface area contributed by atoms with Gasteiger partial charge in [0.15, 0.2) is 6.61 Å². The van der Waals surface area contributed by atoms with E-state index >= 15 is 0 Å².